The highest BCUT2D eigenvalue weighted by Crippen LogP contribution is 2.24. The molecule has 2 heterocycles. The van der Waals surface area contributed by atoms with Crippen LogP contribution in [0.4, 0.5) is 0 Å². The number of aromatic nitrogens is 1. The van der Waals surface area contributed by atoms with E-state index in [-0.39, 0.29) is 11.4 Å². The van der Waals surface area contributed by atoms with Crippen LogP contribution in [0, 0.1) is 18.3 Å². The van der Waals surface area contributed by atoms with E-state index in [1.807, 2.05) is 36.4 Å². The summed E-state index contributed by atoms with van der Waals surface area (Å²) < 4.78 is 6.78. The molecule has 1 N–H and O–H groups in total. The SMILES string of the molecule is Cc1c(CN2CCCOC2)c(O)n(CCc2ccccc2)c(=O)c1C#N. The van der Waals surface area contributed by atoms with Crippen LogP contribution in [0.3, 0.4) is 0 Å². The second-order valence-corrected chi connectivity index (χ2v) is 6.55. The monoisotopic (exact) mass is 353 g/mol. The third-order valence-corrected chi connectivity index (χ3v) is 4.81. The highest BCUT2D eigenvalue weighted by atomic mass is 16.5. The molecule has 6 nitrogen and oxygen atoms in total. The molecule has 0 bridgehead atoms. The Bertz CT molecular complexity index is 863. The Kier molecular flexibility index (Phi) is 5.71. The summed E-state index contributed by atoms with van der Waals surface area (Å²) in [6.07, 6.45) is 1.53. The lowest BCUT2D eigenvalue weighted by molar-refractivity contribution is -0.0181. The van der Waals surface area contributed by atoms with Gasteiger partial charge >= 0.3 is 0 Å². The number of pyridine rings is 1. The molecule has 1 fully saturated rings. The van der Waals surface area contributed by atoms with Crippen LogP contribution in [-0.4, -0.2) is 34.5 Å². The van der Waals surface area contributed by atoms with E-state index >= 15 is 0 Å². The highest BCUT2D eigenvalue weighted by molar-refractivity contribution is 5.45. The molecule has 0 unspecified atom stereocenters. The maximum atomic E-state index is 12.6. The first-order valence-corrected chi connectivity index (χ1v) is 8.81. The van der Waals surface area contributed by atoms with Crippen LogP contribution in [0.25, 0.3) is 0 Å². The number of nitrogens with zero attached hydrogens (tertiary/aromatic N) is 3. The van der Waals surface area contributed by atoms with E-state index in [4.69, 9.17) is 4.74 Å². The molecule has 1 aromatic heterocycles. The fraction of sp³-hybridized carbons (Fsp3) is 0.400. The molecule has 1 aliphatic rings. The van der Waals surface area contributed by atoms with E-state index in [0.717, 1.165) is 25.1 Å². The predicted molar refractivity (Wildman–Crippen MR) is 97.8 cm³/mol. The summed E-state index contributed by atoms with van der Waals surface area (Å²) in [5.74, 6) is -0.0481. The second-order valence-electron chi connectivity index (χ2n) is 6.55. The minimum atomic E-state index is -0.433. The van der Waals surface area contributed by atoms with Gasteiger partial charge in [0.25, 0.3) is 5.56 Å². The van der Waals surface area contributed by atoms with Gasteiger partial charge in [-0.15, -0.1) is 0 Å². The Morgan fingerprint density at radius 1 is 1.31 bits per heavy atom. The van der Waals surface area contributed by atoms with Gasteiger partial charge in [-0.2, -0.15) is 5.26 Å². The van der Waals surface area contributed by atoms with Gasteiger partial charge in [-0.25, -0.2) is 0 Å². The Balaban J connectivity index is 1.93. The predicted octanol–water partition coefficient (Wildman–Crippen LogP) is 2.16. The van der Waals surface area contributed by atoms with Gasteiger partial charge in [0.2, 0.25) is 0 Å². The van der Waals surface area contributed by atoms with E-state index in [2.05, 4.69) is 4.90 Å². The second kappa shape index (κ2) is 8.17. The van der Waals surface area contributed by atoms with Crippen molar-refractivity contribution in [1.29, 1.82) is 5.26 Å². The topological polar surface area (TPSA) is 78.5 Å². The minimum Gasteiger partial charge on any atom is -0.494 e. The van der Waals surface area contributed by atoms with Crippen molar-refractivity contribution in [1.82, 2.24) is 9.47 Å². The van der Waals surface area contributed by atoms with Gasteiger partial charge in [0, 0.05) is 31.8 Å². The Labute approximate surface area is 152 Å². The van der Waals surface area contributed by atoms with Gasteiger partial charge in [0.15, 0.2) is 5.88 Å². The first-order valence-electron chi connectivity index (χ1n) is 8.81. The van der Waals surface area contributed by atoms with Crippen LogP contribution in [0.2, 0.25) is 0 Å². The molecule has 3 rings (SSSR count). The molecule has 1 saturated heterocycles. The third kappa shape index (κ3) is 3.79. The summed E-state index contributed by atoms with van der Waals surface area (Å²) in [7, 11) is 0. The van der Waals surface area contributed by atoms with Gasteiger partial charge < -0.3 is 9.84 Å². The normalized spacial score (nSPS) is 14.9. The molecule has 1 aliphatic heterocycles. The third-order valence-electron chi connectivity index (χ3n) is 4.81. The van der Waals surface area contributed by atoms with Crippen molar-refractivity contribution in [2.75, 3.05) is 19.9 Å². The fourth-order valence-electron chi connectivity index (χ4n) is 3.28. The minimum absolute atomic E-state index is 0.0481. The van der Waals surface area contributed by atoms with Crippen molar-refractivity contribution in [2.45, 2.75) is 32.9 Å². The molecule has 26 heavy (non-hydrogen) atoms. The lowest BCUT2D eigenvalue weighted by atomic mass is 10.0. The van der Waals surface area contributed by atoms with Crippen LogP contribution in [0.15, 0.2) is 35.1 Å². The first-order chi connectivity index (χ1) is 12.6. The van der Waals surface area contributed by atoms with E-state index in [0.29, 0.717) is 37.4 Å². The van der Waals surface area contributed by atoms with Gasteiger partial charge in [0.05, 0.1) is 6.73 Å². The Morgan fingerprint density at radius 2 is 2.08 bits per heavy atom. The summed E-state index contributed by atoms with van der Waals surface area (Å²) in [6, 6.07) is 11.8. The average Bonchev–Trinajstić information content (AvgIpc) is 2.67. The van der Waals surface area contributed by atoms with Gasteiger partial charge in [-0.05, 0) is 30.9 Å². The van der Waals surface area contributed by atoms with Crippen LogP contribution in [0.5, 0.6) is 5.88 Å². The molecular weight excluding hydrogens is 330 g/mol. The van der Waals surface area contributed by atoms with Crippen LogP contribution >= 0.6 is 0 Å². The highest BCUT2D eigenvalue weighted by Gasteiger charge is 2.21. The quantitative estimate of drug-likeness (QED) is 0.891. The molecule has 0 radical (unpaired) electrons. The number of hydrogen-bond acceptors (Lipinski definition) is 5. The number of hydrogen-bond donors (Lipinski definition) is 1. The van der Waals surface area contributed by atoms with Crippen molar-refractivity contribution in [3.05, 3.63) is 62.9 Å². The smallest absolute Gasteiger partial charge is 0.271 e. The number of ether oxygens (including phenoxy) is 1. The summed E-state index contributed by atoms with van der Waals surface area (Å²) in [6.45, 7) is 4.60. The van der Waals surface area contributed by atoms with Gasteiger partial charge in [-0.3, -0.25) is 14.3 Å². The lowest BCUT2D eigenvalue weighted by Gasteiger charge is -2.28. The average molecular weight is 353 g/mol. The molecule has 1 aromatic carbocycles. The maximum absolute atomic E-state index is 12.6. The van der Waals surface area contributed by atoms with Crippen molar-refractivity contribution in [2.24, 2.45) is 0 Å². The Hall–Kier alpha value is -2.62. The van der Waals surface area contributed by atoms with Gasteiger partial charge in [0.1, 0.15) is 11.6 Å². The zero-order valence-corrected chi connectivity index (χ0v) is 14.9. The molecule has 0 saturated carbocycles. The van der Waals surface area contributed by atoms with E-state index < -0.39 is 5.56 Å². The molecule has 0 aliphatic carbocycles. The number of nitriles is 1. The summed E-state index contributed by atoms with van der Waals surface area (Å²) in [4.78, 5) is 14.7. The Morgan fingerprint density at radius 3 is 2.73 bits per heavy atom. The van der Waals surface area contributed by atoms with E-state index in [1.54, 1.807) is 6.92 Å². The molecule has 0 atom stereocenters. The van der Waals surface area contributed by atoms with Crippen LogP contribution < -0.4 is 5.56 Å². The fourth-order valence-corrected chi connectivity index (χ4v) is 3.28. The van der Waals surface area contributed by atoms with E-state index in [1.165, 1.54) is 4.57 Å². The summed E-state index contributed by atoms with van der Waals surface area (Å²) in [5.41, 5.74) is 1.92. The zero-order valence-electron chi connectivity index (χ0n) is 14.9. The summed E-state index contributed by atoms with van der Waals surface area (Å²) in [5, 5.41) is 20.2. The largest absolute Gasteiger partial charge is 0.494 e. The molecule has 0 amide bonds. The number of aryl methyl sites for hydroxylation is 1. The molecule has 0 spiro atoms. The number of rotatable bonds is 5. The standard InChI is InChI=1S/C20H23N3O3/c1-15-17(12-21)19(24)23(10-8-16-6-3-2-4-7-16)20(25)18(15)13-22-9-5-11-26-14-22/h2-4,6-7,25H,5,8-11,13-14H2,1H3. The lowest BCUT2D eigenvalue weighted by Crippen LogP contribution is -2.34. The van der Waals surface area contributed by atoms with E-state index in [9.17, 15) is 15.2 Å². The molecule has 136 valence electrons. The zero-order chi connectivity index (χ0) is 18.5. The summed E-state index contributed by atoms with van der Waals surface area (Å²) >= 11 is 0. The van der Waals surface area contributed by atoms with Crippen molar-refractivity contribution < 1.29 is 9.84 Å². The van der Waals surface area contributed by atoms with Crippen LogP contribution in [0.1, 0.15) is 28.7 Å². The number of benzene rings is 1. The van der Waals surface area contributed by atoms with Crippen LogP contribution in [-0.2, 0) is 24.2 Å². The molecule has 6 heteroatoms. The van der Waals surface area contributed by atoms with Crippen molar-refractivity contribution in [3.8, 4) is 11.9 Å². The number of aromatic hydroxyl groups is 1. The van der Waals surface area contributed by atoms with Crippen molar-refractivity contribution >= 4 is 0 Å². The molecular formula is C20H23N3O3. The first kappa shape index (κ1) is 18.2. The van der Waals surface area contributed by atoms with Crippen molar-refractivity contribution in [3.63, 3.8) is 0 Å². The molecule has 2 aromatic rings. The van der Waals surface area contributed by atoms with Gasteiger partial charge in [-0.1, -0.05) is 30.3 Å². The maximum Gasteiger partial charge on any atom is 0.271 e.